The molecule has 0 aliphatic rings. The third kappa shape index (κ3) is 3.89. The molecule has 6 heteroatoms. The molecule has 0 aromatic carbocycles. The Morgan fingerprint density at radius 3 is 2.72 bits per heavy atom. The monoisotopic (exact) mass is 253 g/mol. The Hall–Kier alpha value is -1.82. The molecule has 0 saturated heterocycles. The van der Waals surface area contributed by atoms with Crippen LogP contribution in [0.15, 0.2) is 18.5 Å². The molecule has 1 aromatic rings. The summed E-state index contributed by atoms with van der Waals surface area (Å²) in [6.07, 6.45) is 3.31. The molecule has 0 bridgehead atoms. The van der Waals surface area contributed by atoms with E-state index in [2.05, 4.69) is 10.3 Å². The predicted molar refractivity (Wildman–Crippen MR) is 67.1 cm³/mol. The van der Waals surface area contributed by atoms with Crippen LogP contribution < -0.4 is 11.1 Å². The molecule has 1 atom stereocenters. The Kier molecular flexibility index (Phi) is 4.49. The van der Waals surface area contributed by atoms with E-state index >= 15 is 0 Å². The first-order valence-electron chi connectivity index (χ1n) is 5.71. The number of amides is 1. The van der Waals surface area contributed by atoms with Crippen LogP contribution in [0, 0.1) is 0 Å². The summed E-state index contributed by atoms with van der Waals surface area (Å²) in [5, 5.41) is 11.2. The third-order valence-electron chi connectivity index (χ3n) is 2.82. The van der Waals surface area contributed by atoms with Crippen LogP contribution in [0.4, 0.5) is 0 Å². The number of carboxylic acid groups (broad SMARTS) is 1. The third-order valence-corrected chi connectivity index (χ3v) is 2.82. The average Bonchev–Trinajstić information content (AvgIpc) is 2.78. The summed E-state index contributed by atoms with van der Waals surface area (Å²) in [4.78, 5) is 25.0. The molecule has 18 heavy (non-hydrogen) atoms. The van der Waals surface area contributed by atoms with Gasteiger partial charge in [0, 0.05) is 24.4 Å². The quantitative estimate of drug-likeness (QED) is 0.581. The number of nitrogens with two attached hydrogens (primary N) is 1. The second kappa shape index (κ2) is 5.68. The zero-order chi connectivity index (χ0) is 13.8. The molecule has 100 valence electrons. The van der Waals surface area contributed by atoms with E-state index in [-0.39, 0.29) is 11.8 Å². The van der Waals surface area contributed by atoms with Gasteiger partial charge in [0.1, 0.15) is 0 Å². The highest BCUT2D eigenvalue weighted by atomic mass is 16.4. The highest BCUT2D eigenvalue weighted by Gasteiger charge is 2.24. The van der Waals surface area contributed by atoms with Crippen molar-refractivity contribution in [3.63, 3.8) is 0 Å². The standard InChI is InChI=1S/C12H19N3O3/c1-12(2,8-3-4-14-6-8)7-15-11(18)9(13)5-10(16)17/h3-4,6,9,14H,5,7,13H2,1-2H3,(H,15,18)(H,16,17). The van der Waals surface area contributed by atoms with Gasteiger partial charge in [0.2, 0.25) is 5.91 Å². The predicted octanol–water partition coefficient (Wildman–Crippen LogP) is 0.211. The Bertz CT molecular complexity index is 412. The summed E-state index contributed by atoms with van der Waals surface area (Å²) in [6, 6.07) is 0.924. The smallest absolute Gasteiger partial charge is 0.305 e. The van der Waals surface area contributed by atoms with E-state index in [1.54, 1.807) is 0 Å². The molecule has 1 rings (SSSR count). The van der Waals surface area contributed by atoms with Crippen molar-refractivity contribution < 1.29 is 14.7 Å². The molecule has 0 spiro atoms. The molecule has 0 fully saturated rings. The van der Waals surface area contributed by atoms with Crippen molar-refractivity contribution in [2.24, 2.45) is 5.73 Å². The molecule has 0 saturated carbocycles. The normalized spacial score (nSPS) is 13.1. The lowest BCUT2D eigenvalue weighted by Crippen LogP contribution is -2.46. The van der Waals surface area contributed by atoms with E-state index in [1.807, 2.05) is 32.3 Å². The van der Waals surface area contributed by atoms with E-state index in [0.717, 1.165) is 5.56 Å². The van der Waals surface area contributed by atoms with Crippen LogP contribution in [0.2, 0.25) is 0 Å². The fourth-order valence-corrected chi connectivity index (χ4v) is 1.57. The second-order valence-corrected chi connectivity index (χ2v) is 4.91. The summed E-state index contributed by atoms with van der Waals surface area (Å²) in [5.41, 5.74) is 6.29. The number of nitrogens with one attached hydrogen (secondary N) is 2. The summed E-state index contributed by atoms with van der Waals surface area (Å²) in [5.74, 6) is -1.52. The number of H-pyrrole nitrogens is 1. The SMILES string of the molecule is CC(C)(CNC(=O)C(N)CC(=O)O)c1cc[nH]c1. The van der Waals surface area contributed by atoms with Crippen molar-refractivity contribution in [2.45, 2.75) is 31.7 Å². The van der Waals surface area contributed by atoms with Gasteiger partial charge in [-0.2, -0.15) is 0 Å². The van der Waals surface area contributed by atoms with Gasteiger partial charge in [0.15, 0.2) is 0 Å². The molecule has 1 amide bonds. The summed E-state index contributed by atoms with van der Waals surface area (Å²) in [7, 11) is 0. The largest absolute Gasteiger partial charge is 0.481 e. The fraction of sp³-hybridized carbons (Fsp3) is 0.500. The van der Waals surface area contributed by atoms with Gasteiger partial charge >= 0.3 is 5.97 Å². The minimum atomic E-state index is -1.08. The van der Waals surface area contributed by atoms with Gasteiger partial charge in [0.05, 0.1) is 12.5 Å². The number of aliphatic carboxylic acids is 1. The lowest BCUT2D eigenvalue weighted by atomic mass is 9.86. The Morgan fingerprint density at radius 1 is 1.56 bits per heavy atom. The van der Waals surface area contributed by atoms with Crippen LogP contribution in [-0.4, -0.2) is 34.6 Å². The number of hydrogen-bond acceptors (Lipinski definition) is 3. The lowest BCUT2D eigenvalue weighted by molar-refractivity contribution is -0.139. The van der Waals surface area contributed by atoms with Crippen molar-refractivity contribution in [3.05, 3.63) is 24.0 Å². The summed E-state index contributed by atoms with van der Waals surface area (Å²) in [6.45, 7) is 4.37. The van der Waals surface area contributed by atoms with E-state index in [9.17, 15) is 9.59 Å². The van der Waals surface area contributed by atoms with Crippen LogP contribution in [0.25, 0.3) is 0 Å². The molecule has 0 radical (unpaired) electrons. The van der Waals surface area contributed by atoms with Crippen LogP contribution >= 0.6 is 0 Å². The van der Waals surface area contributed by atoms with Gasteiger partial charge < -0.3 is 21.1 Å². The first-order chi connectivity index (χ1) is 8.33. The highest BCUT2D eigenvalue weighted by molar-refractivity contribution is 5.85. The maximum absolute atomic E-state index is 11.6. The zero-order valence-electron chi connectivity index (χ0n) is 10.6. The van der Waals surface area contributed by atoms with E-state index < -0.39 is 17.9 Å². The number of carbonyl (C=O) groups excluding carboxylic acids is 1. The van der Waals surface area contributed by atoms with Gasteiger partial charge in [-0.1, -0.05) is 13.8 Å². The van der Waals surface area contributed by atoms with E-state index in [4.69, 9.17) is 10.8 Å². The number of aromatic amines is 1. The number of rotatable bonds is 6. The van der Waals surface area contributed by atoms with Crippen LogP contribution in [0.3, 0.4) is 0 Å². The Morgan fingerprint density at radius 2 is 2.22 bits per heavy atom. The molecule has 0 aliphatic heterocycles. The van der Waals surface area contributed by atoms with Gasteiger partial charge in [-0.15, -0.1) is 0 Å². The topological polar surface area (TPSA) is 108 Å². The van der Waals surface area contributed by atoms with Crippen molar-refractivity contribution in [1.82, 2.24) is 10.3 Å². The fourth-order valence-electron chi connectivity index (χ4n) is 1.57. The number of carboxylic acids is 1. The molecule has 1 unspecified atom stereocenters. The van der Waals surface area contributed by atoms with Crippen molar-refractivity contribution >= 4 is 11.9 Å². The van der Waals surface area contributed by atoms with Crippen molar-refractivity contribution in [2.75, 3.05) is 6.54 Å². The van der Waals surface area contributed by atoms with Crippen LogP contribution in [0.5, 0.6) is 0 Å². The van der Waals surface area contributed by atoms with Crippen molar-refractivity contribution in [1.29, 1.82) is 0 Å². The summed E-state index contributed by atoms with van der Waals surface area (Å²) < 4.78 is 0. The van der Waals surface area contributed by atoms with Crippen LogP contribution in [-0.2, 0) is 15.0 Å². The maximum Gasteiger partial charge on any atom is 0.305 e. The van der Waals surface area contributed by atoms with Gasteiger partial charge in [-0.25, -0.2) is 0 Å². The molecule has 1 heterocycles. The molecule has 5 N–H and O–H groups in total. The number of carbonyl (C=O) groups is 2. The molecule has 0 aliphatic carbocycles. The summed E-state index contributed by atoms with van der Waals surface area (Å²) >= 11 is 0. The Balaban J connectivity index is 2.50. The second-order valence-electron chi connectivity index (χ2n) is 4.91. The molecular weight excluding hydrogens is 234 g/mol. The number of aromatic nitrogens is 1. The van der Waals surface area contributed by atoms with Gasteiger partial charge in [-0.3, -0.25) is 9.59 Å². The molecule has 6 nitrogen and oxygen atoms in total. The minimum absolute atomic E-state index is 0.237. The van der Waals surface area contributed by atoms with E-state index in [0.29, 0.717) is 6.54 Å². The first kappa shape index (κ1) is 14.2. The zero-order valence-corrected chi connectivity index (χ0v) is 10.6. The van der Waals surface area contributed by atoms with Gasteiger partial charge in [-0.05, 0) is 11.6 Å². The number of hydrogen-bond donors (Lipinski definition) is 4. The minimum Gasteiger partial charge on any atom is -0.481 e. The highest BCUT2D eigenvalue weighted by Crippen LogP contribution is 2.21. The average molecular weight is 253 g/mol. The lowest BCUT2D eigenvalue weighted by Gasteiger charge is -2.24. The first-order valence-corrected chi connectivity index (χ1v) is 5.71. The molecule has 1 aromatic heterocycles. The van der Waals surface area contributed by atoms with Crippen molar-refractivity contribution in [3.8, 4) is 0 Å². The maximum atomic E-state index is 11.6. The van der Waals surface area contributed by atoms with Gasteiger partial charge in [0.25, 0.3) is 0 Å². The molecular formula is C12H19N3O3. The van der Waals surface area contributed by atoms with Crippen LogP contribution in [0.1, 0.15) is 25.8 Å². The van der Waals surface area contributed by atoms with E-state index in [1.165, 1.54) is 0 Å². The Labute approximate surface area is 106 Å².